The van der Waals surface area contributed by atoms with Crippen molar-refractivity contribution in [2.24, 2.45) is 10.2 Å². The van der Waals surface area contributed by atoms with Crippen molar-refractivity contribution in [3.8, 4) is 0 Å². The van der Waals surface area contributed by atoms with Gasteiger partial charge in [0.15, 0.2) is 0 Å². The summed E-state index contributed by atoms with van der Waals surface area (Å²) in [7, 11) is 0. The van der Waals surface area contributed by atoms with Crippen LogP contribution >= 0.6 is 23.4 Å². The van der Waals surface area contributed by atoms with Gasteiger partial charge in [-0.05, 0) is 26.3 Å². The van der Waals surface area contributed by atoms with Crippen LogP contribution in [0.15, 0.2) is 50.4 Å². The molecule has 0 fully saturated rings. The van der Waals surface area contributed by atoms with Crippen LogP contribution in [0.3, 0.4) is 0 Å². The second-order valence-electron chi connectivity index (χ2n) is 7.07. The number of benzene rings is 1. The molecule has 0 aliphatic carbocycles. The van der Waals surface area contributed by atoms with E-state index in [1.165, 1.54) is 34.8 Å². The van der Waals surface area contributed by atoms with Crippen molar-refractivity contribution < 1.29 is 13.2 Å². The minimum absolute atomic E-state index is 0.0174. The highest BCUT2D eigenvalue weighted by molar-refractivity contribution is 7.98. The maximum absolute atomic E-state index is 13.0. The van der Waals surface area contributed by atoms with Crippen molar-refractivity contribution in [2.45, 2.75) is 48.8 Å². The molecule has 1 aromatic heterocycles. The summed E-state index contributed by atoms with van der Waals surface area (Å²) >= 11 is 7.46. The van der Waals surface area contributed by atoms with E-state index < -0.39 is 17.4 Å². The van der Waals surface area contributed by atoms with Crippen LogP contribution in [-0.4, -0.2) is 16.0 Å². The van der Waals surface area contributed by atoms with Gasteiger partial charge >= 0.3 is 11.8 Å². The van der Waals surface area contributed by atoms with Gasteiger partial charge in [-0.15, -0.1) is 22.0 Å². The summed E-state index contributed by atoms with van der Waals surface area (Å²) in [6, 6.07) is 5.88. The van der Waals surface area contributed by atoms with Crippen LogP contribution in [0, 0.1) is 0 Å². The molecule has 0 saturated heterocycles. The molecule has 3 rings (SSSR count). The monoisotopic (exact) mass is 416 g/mol. The predicted molar refractivity (Wildman–Crippen MR) is 97.1 cm³/mol. The zero-order valence-electron chi connectivity index (χ0n) is 14.7. The molecular weight excluding hydrogens is 401 g/mol. The van der Waals surface area contributed by atoms with Gasteiger partial charge in [0.05, 0.1) is 16.6 Å². The Morgan fingerprint density at radius 3 is 2.22 bits per heavy atom. The van der Waals surface area contributed by atoms with Gasteiger partial charge in [-0.1, -0.05) is 35.9 Å². The van der Waals surface area contributed by atoms with Crippen molar-refractivity contribution in [3.63, 3.8) is 0 Å². The van der Waals surface area contributed by atoms with Crippen LogP contribution < -0.4 is 5.56 Å². The summed E-state index contributed by atoms with van der Waals surface area (Å²) in [4.78, 5) is 12.9. The molecule has 1 aliphatic heterocycles. The van der Waals surface area contributed by atoms with Gasteiger partial charge in [-0.25, -0.2) is 4.68 Å². The quantitative estimate of drug-likeness (QED) is 0.649. The molecule has 27 heavy (non-hydrogen) atoms. The van der Waals surface area contributed by atoms with Gasteiger partial charge in [0, 0.05) is 11.3 Å². The lowest BCUT2D eigenvalue weighted by atomic mass is 10.0. The average molecular weight is 417 g/mol. The van der Waals surface area contributed by atoms with Crippen LogP contribution in [0.4, 0.5) is 13.2 Å². The number of halogens is 4. The van der Waals surface area contributed by atoms with Crippen molar-refractivity contribution in [2.75, 3.05) is 0 Å². The summed E-state index contributed by atoms with van der Waals surface area (Å²) in [6.45, 7) is 5.54. The first-order valence-electron chi connectivity index (χ1n) is 7.97. The maximum Gasteiger partial charge on any atom is 0.442 e. The number of hydrogen-bond donors (Lipinski definition) is 0. The first kappa shape index (κ1) is 19.9. The van der Waals surface area contributed by atoms with Gasteiger partial charge in [0.2, 0.25) is 0 Å². The van der Waals surface area contributed by atoms with Gasteiger partial charge in [-0.2, -0.15) is 18.3 Å². The predicted octanol–water partition coefficient (Wildman–Crippen LogP) is 5.12. The number of nitrogens with zero attached hydrogens (tertiary/aromatic N) is 4. The van der Waals surface area contributed by atoms with Crippen LogP contribution in [0.5, 0.6) is 0 Å². The van der Waals surface area contributed by atoms with E-state index >= 15 is 0 Å². The summed E-state index contributed by atoms with van der Waals surface area (Å²) in [5.41, 5.74) is -2.53. The molecule has 2 heterocycles. The van der Waals surface area contributed by atoms with Crippen LogP contribution in [0.1, 0.15) is 31.9 Å². The molecular formula is C17H16ClF3N4OS. The molecule has 1 aromatic carbocycles. The maximum atomic E-state index is 13.0. The fourth-order valence-corrected chi connectivity index (χ4v) is 3.58. The smallest absolute Gasteiger partial charge is 0.266 e. The highest BCUT2D eigenvalue weighted by Gasteiger charge is 2.65. The topological polar surface area (TPSA) is 59.6 Å². The van der Waals surface area contributed by atoms with Crippen LogP contribution in [-0.2, 0) is 17.0 Å². The Kier molecular flexibility index (Phi) is 4.88. The van der Waals surface area contributed by atoms with Crippen molar-refractivity contribution in [1.29, 1.82) is 0 Å². The molecule has 0 saturated carbocycles. The van der Waals surface area contributed by atoms with E-state index in [1.807, 2.05) is 20.8 Å². The number of alkyl halides is 3. The summed E-state index contributed by atoms with van der Waals surface area (Å²) in [5, 5.41) is 10.6. The minimum atomic E-state index is -4.54. The molecule has 0 atom stereocenters. The van der Waals surface area contributed by atoms with Gasteiger partial charge < -0.3 is 0 Å². The summed E-state index contributed by atoms with van der Waals surface area (Å²) in [5.74, 6) is 0.425. The van der Waals surface area contributed by atoms with Crippen LogP contribution in [0.25, 0.3) is 0 Å². The second-order valence-corrected chi connectivity index (χ2v) is 8.46. The van der Waals surface area contributed by atoms with Gasteiger partial charge in [-0.3, -0.25) is 4.79 Å². The number of aromatic nitrogens is 2. The second kappa shape index (κ2) is 6.63. The molecule has 2 aromatic rings. The van der Waals surface area contributed by atoms with Gasteiger partial charge in [0.1, 0.15) is 5.02 Å². The Morgan fingerprint density at radius 1 is 1.15 bits per heavy atom. The molecule has 0 bridgehead atoms. The third-order valence-corrected chi connectivity index (χ3v) is 5.54. The van der Waals surface area contributed by atoms with E-state index in [4.69, 9.17) is 11.6 Å². The molecule has 144 valence electrons. The Labute approximate surface area is 162 Å². The zero-order valence-corrected chi connectivity index (χ0v) is 16.3. The van der Waals surface area contributed by atoms with E-state index in [-0.39, 0.29) is 16.1 Å². The first-order chi connectivity index (χ1) is 12.5. The van der Waals surface area contributed by atoms with Crippen LogP contribution in [0.2, 0.25) is 5.02 Å². The highest BCUT2D eigenvalue weighted by atomic mass is 35.5. The van der Waals surface area contributed by atoms with Crippen molar-refractivity contribution >= 4 is 23.4 Å². The standard InChI is InChI=1S/C17H16ClF3N4OS/c1-15(2,3)25-14(26)13(18)12(8-22-25)27-9-10-4-6-11(7-5-10)16(23-24-16)17(19,20)21/h4-8H,9H2,1-3H3. The first-order valence-corrected chi connectivity index (χ1v) is 9.33. The SMILES string of the molecule is CC(C)(C)n1ncc(SCc2ccc(C3(C(F)(F)F)N=N3)cc2)c(Cl)c1=O. The highest BCUT2D eigenvalue weighted by Crippen LogP contribution is 2.52. The lowest BCUT2D eigenvalue weighted by molar-refractivity contribution is -0.166. The fourth-order valence-electron chi connectivity index (χ4n) is 2.43. The van der Waals surface area contributed by atoms with Crippen molar-refractivity contribution in [3.05, 3.63) is 57.0 Å². The van der Waals surface area contributed by atoms with E-state index in [0.29, 0.717) is 10.6 Å². The normalized spacial score (nSPS) is 15.8. The van der Waals surface area contributed by atoms with Gasteiger partial charge in [0.25, 0.3) is 5.56 Å². The number of rotatable bonds is 4. The third-order valence-electron chi connectivity index (χ3n) is 3.97. The molecule has 0 spiro atoms. The van der Waals surface area contributed by atoms with E-state index in [9.17, 15) is 18.0 Å². The number of thioether (sulfide) groups is 1. The molecule has 10 heteroatoms. The molecule has 0 amide bonds. The largest absolute Gasteiger partial charge is 0.442 e. The van der Waals surface area contributed by atoms with E-state index in [0.717, 1.165) is 5.56 Å². The molecule has 5 nitrogen and oxygen atoms in total. The van der Waals surface area contributed by atoms with E-state index in [1.54, 1.807) is 12.1 Å². The lowest BCUT2D eigenvalue weighted by Gasteiger charge is -2.21. The lowest BCUT2D eigenvalue weighted by Crippen LogP contribution is -2.36. The molecule has 0 radical (unpaired) electrons. The fraction of sp³-hybridized carbons (Fsp3) is 0.412. The van der Waals surface area contributed by atoms with Crippen molar-refractivity contribution in [1.82, 2.24) is 9.78 Å². The molecule has 1 aliphatic rings. The Hall–Kier alpha value is -1.87. The molecule has 0 N–H and O–H groups in total. The Balaban J connectivity index is 1.73. The summed E-state index contributed by atoms with van der Waals surface area (Å²) in [6.07, 6.45) is -3.02. The minimum Gasteiger partial charge on any atom is -0.266 e. The van der Waals surface area contributed by atoms with E-state index in [2.05, 4.69) is 15.3 Å². The Bertz CT molecular complexity index is 943. The average Bonchev–Trinajstić information content (AvgIpc) is 3.37. The zero-order chi connectivity index (χ0) is 20.0. The molecule has 0 unspecified atom stereocenters. The number of hydrogen-bond acceptors (Lipinski definition) is 5. The summed E-state index contributed by atoms with van der Waals surface area (Å²) < 4.78 is 40.3. The third kappa shape index (κ3) is 3.75. The Morgan fingerprint density at radius 2 is 1.74 bits per heavy atom.